The van der Waals surface area contributed by atoms with Crippen molar-refractivity contribution in [2.24, 2.45) is 5.73 Å². The van der Waals surface area contributed by atoms with Crippen LogP contribution in [0.15, 0.2) is 12.7 Å². The predicted octanol–water partition coefficient (Wildman–Crippen LogP) is -2.20. The second-order valence-electron chi connectivity index (χ2n) is 3.21. The minimum absolute atomic E-state index is 0.215. The summed E-state index contributed by atoms with van der Waals surface area (Å²) in [7, 11) is 0. The van der Waals surface area contributed by atoms with Crippen LogP contribution in [0.5, 0.6) is 0 Å². The Morgan fingerprint density at radius 1 is 1.62 bits per heavy atom. The van der Waals surface area contributed by atoms with Crippen molar-refractivity contribution in [3.8, 4) is 0 Å². The summed E-state index contributed by atoms with van der Waals surface area (Å²) in [4.78, 5) is 25.7. The van der Waals surface area contributed by atoms with Crippen molar-refractivity contribution in [3.63, 3.8) is 0 Å². The number of nitrogens with one attached hydrogen (secondary N) is 1. The molecule has 0 spiro atoms. The first-order chi connectivity index (χ1) is 7.52. The smallest absolute Gasteiger partial charge is 0.248 e. The van der Waals surface area contributed by atoms with Gasteiger partial charge in [0.1, 0.15) is 24.8 Å². The Labute approximate surface area is 91.5 Å². The van der Waals surface area contributed by atoms with E-state index in [-0.39, 0.29) is 12.5 Å². The van der Waals surface area contributed by atoms with E-state index in [0.29, 0.717) is 0 Å². The maximum Gasteiger partial charge on any atom is 0.248 e. The molecule has 1 aromatic heterocycles. The van der Waals surface area contributed by atoms with Crippen LogP contribution in [0.25, 0.3) is 0 Å². The molecule has 0 aliphatic rings. The Bertz CT molecular complexity index is 364. The fraction of sp³-hybridized carbons (Fsp3) is 0.500. The van der Waals surface area contributed by atoms with Gasteiger partial charge in [-0.1, -0.05) is 0 Å². The Morgan fingerprint density at radius 3 is 2.81 bits per heavy atom. The van der Waals surface area contributed by atoms with Gasteiger partial charge in [0.15, 0.2) is 0 Å². The molecule has 8 heteroatoms. The van der Waals surface area contributed by atoms with Gasteiger partial charge in [-0.05, 0) is 6.92 Å². The van der Waals surface area contributed by atoms with Gasteiger partial charge in [0.05, 0.1) is 6.54 Å². The molecular weight excluding hydrogens is 214 g/mol. The lowest BCUT2D eigenvalue weighted by Gasteiger charge is -2.13. The van der Waals surface area contributed by atoms with E-state index in [1.54, 1.807) is 6.92 Å². The fourth-order valence-corrected chi connectivity index (χ4v) is 0.983. The Morgan fingerprint density at radius 2 is 2.31 bits per heavy atom. The molecular formula is C8H13N5O3. The van der Waals surface area contributed by atoms with Crippen molar-refractivity contribution < 1.29 is 14.7 Å². The molecule has 0 saturated heterocycles. The van der Waals surface area contributed by atoms with Gasteiger partial charge in [-0.25, -0.2) is 9.67 Å². The number of aromatic nitrogens is 3. The number of hydrogen-bond acceptors (Lipinski definition) is 5. The lowest BCUT2D eigenvalue weighted by Crippen LogP contribution is -2.42. The molecule has 88 valence electrons. The lowest BCUT2D eigenvalue weighted by atomic mass is 10.3. The Hall–Kier alpha value is -1.96. The second-order valence-corrected chi connectivity index (χ2v) is 3.21. The average Bonchev–Trinajstić information content (AvgIpc) is 2.77. The van der Waals surface area contributed by atoms with E-state index >= 15 is 0 Å². The van der Waals surface area contributed by atoms with E-state index in [1.165, 1.54) is 17.3 Å². The van der Waals surface area contributed by atoms with Crippen LogP contribution < -0.4 is 11.1 Å². The molecule has 16 heavy (non-hydrogen) atoms. The summed E-state index contributed by atoms with van der Waals surface area (Å²) in [5, 5.41) is 15.2. The van der Waals surface area contributed by atoms with Crippen molar-refractivity contribution in [2.75, 3.05) is 6.54 Å². The van der Waals surface area contributed by atoms with Gasteiger partial charge in [0, 0.05) is 0 Å². The quantitative estimate of drug-likeness (QED) is 0.526. The van der Waals surface area contributed by atoms with Gasteiger partial charge in [0.2, 0.25) is 11.8 Å². The summed E-state index contributed by atoms with van der Waals surface area (Å²) in [5.74, 6) is -1.26. The molecule has 1 rings (SSSR count). The van der Waals surface area contributed by atoms with Crippen LogP contribution in [0, 0.1) is 0 Å². The van der Waals surface area contributed by atoms with E-state index in [4.69, 9.17) is 10.8 Å². The zero-order chi connectivity index (χ0) is 12.1. The normalized spacial score (nSPS) is 14.1. The highest BCUT2D eigenvalue weighted by Gasteiger charge is 2.17. The molecule has 4 N–H and O–H groups in total. The second kappa shape index (κ2) is 5.21. The zero-order valence-corrected chi connectivity index (χ0v) is 8.70. The van der Waals surface area contributed by atoms with Crippen LogP contribution in [0.2, 0.25) is 0 Å². The largest absolute Gasteiger partial charge is 0.381 e. The monoisotopic (exact) mass is 227 g/mol. The summed E-state index contributed by atoms with van der Waals surface area (Å²) >= 11 is 0. The number of rotatable bonds is 5. The number of aliphatic hydroxyl groups is 1. The molecule has 2 atom stereocenters. The predicted molar refractivity (Wildman–Crippen MR) is 52.9 cm³/mol. The topological polar surface area (TPSA) is 123 Å². The first-order valence-corrected chi connectivity index (χ1v) is 4.61. The first kappa shape index (κ1) is 12.1. The molecule has 1 heterocycles. The number of carbonyl (C=O) groups is 2. The molecule has 8 nitrogen and oxygen atoms in total. The molecule has 0 bridgehead atoms. The number of carbonyl (C=O) groups excluding carboxylic acids is 2. The SMILES string of the molecule is CC(C(=O)NCC(O)C(N)=O)n1cncn1. The first-order valence-electron chi connectivity index (χ1n) is 4.61. The van der Waals surface area contributed by atoms with Crippen LogP contribution >= 0.6 is 0 Å². The molecule has 0 aliphatic heterocycles. The van der Waals surface area contributed by atoms with E-state index < -0.39 is 18.1 Å². The van der Waals surface area contributed by atoms with Gasteiger partial charge >= 0.3 is 0 Å². The van der Waals surface area contributed by atoms with Crippen LogP contribution in [0.1, 0.15) is 13.0 Å². The van der Waals surface area contributed by atoms with Crippen LogP contribution in [0.3, 0.4) is 0 Å². The van der Waals surface area contributed by atoms with E-state index in [9.17, 15) is 9.59 Å². The fourth-order valence-electron chi connectivity index (χ4n) is 0.983. The van der Waals surface area contributed by atoms with Gasteiger partial charge in [-0.3, -0.25) is 9.59 Å². The van der Waals surface area contributed by atoms with E-state index in [1.807, 2.05) is 0 Å². The van der Waals surface area contributed by atoms with Crippen molar-refractivity contribution in [1.29, 1.82) is 0 Å². The van der Waals surface area contributed by atoms with E-state index in [2.05, 4.69) is 15.4 Å². The molecule has 0 aliphatic carbocycles. The third-order valence-corrected chi connectivity index (χ3v) is 2.01. The van der Waals surface area contributed by atoms with Crippen molar-refractivity contribution >= 4 is 11.8 Å². The Balaban J connectivity index is 2.44. The van der Waals surface area contributed by atoms with Crippen molar-refractivity contribution in [3.05, 3.63) is 12.7 Å². The molecule has 0 saturated carbocycles. The number of hydrogen-bond donors (Lipinski definition) is 3. The summed E-state index contributed by atoms with van der Waals surface area (Å²) in [5.41, 5.74) is 4.83. The number of primary amides is 1. The molecule has 1 aromatic rings. The molecule has 0 aromatic carbocycles. The maximum absolute atomic E-state index is 11.5. The molecule has 2 unspecified atom stereocenters. The van der Waals surface area contributed by atoms with Gasteiger partial charge in [-0.15, -0.1) is 0 Å². The van der Waals surface area contributed by atoms with Crippen LogP contribution in [0.4, 0.5) is 0 Å². The third kappa shape index (κ3) is 3.02. The highest BCUT2D eigenvalue weighted by molar-refractivity contribution is 5.82. The lowest BCUT2D eigenvalue weighted by molar-refractivity contribution is -0.128. The average molecular weight is 227 g/mol. The van der Waals surface area contributed by atoms with Gasteiger partial charge in [-0.2, -0.15) is 5.10 Å². The number of nitrogens with zero attached hydrogens (tertiary/aromatic N) is 3. The molecule has 2 amide bonds. The maximum atomic E-state index is 11.5. The van der Waals surface area contributed by atoms with Crippen molar-refractivity contribution in [2.45, 2.75) is 19.1 Å². The van der Waals surface area contributed by atoms with E-state index in [0.717, 1.165) is 0 Å². The molecule has 0 fully saturated rings. The number of nitrogens with two attached hydrogens (primary N) is 1. The Kier molecular flexibility index (Phi) is 3.95. The third-order valence-electron chi connectivity index (χ3n) is 2.01. The molecule has 0 radical (unpaired) electrons. The van der Waals surface area contributed by atoms with Gasteiger partial charge in [0.25, 0.3) is 0 Å². The highest BCUT2D eigenvalue weighted by atomic mass is 16.3. The minimum atomic E-state index is -1.38. The van der Waals surface area contributed by atoms with Crippen LogP contribution in [-0.2, 0) is 9.59 Å². The van der Waals surface area contributed by atoms with Crippen LogP contribution in [-0.4, -0.2) is 44.3 Å². The number of aliphatic hydroxyl groups excluding tert-OH is 1. The minimum Gasteiger partial charge on any atom is -0.381 e. The summed E-state index contributed by atoms with van der Waals surface area (Å²) < 4.78 is 1.35. The standard InChI is InChI=1S/C8H13N5O3/c1-5(13-4-10-3-12-13)8(16)11-2-6(14)7(9)15/h3-6,14H,2H2,1H3,(H2,9,15)(H,11,16). The summed E-state index contributed by atoms with van der Waals surface area (Å²) in [6.07, 6.45) is 1.32. The van der Waals surface area contributed by atoms with Crippen molar-refractivity contribution in [1.82, 2.24) is 20.1 Å². The summed E-state index contributed by atoms with van der Waals surface area (Å²) in [6.45, 7) is 1.40. The zero-order valence-electron chi connectivity index (χ0n) is 8.70. The summed E-state index contributed by atoms with van der Waals surface area (Å²) in [6, 6.07) is -0.567. The highest BCUT2D eigenvalue weighted by Crippen LogP contribution is 2.01. The van der Waals surface area contributed by atoms with Gasteiger partial charge < -0.3 is 16.2 Å². The number of amides is 2.